The van der Waals surface area contributed by atoms with Gasteiger partial charge in [0.05, 0.1) is 6.04 Å². The summed E-state index contributed by atoms with van der Waals surface area (Å²) in [4.78, 5) is 14.2. The maximum atomic E-state index is 12.1. The summed E-state index contributed by atoms with van der Waals surface area (Å²) in [5.74, 6) is 0.694. The van der Waals surface area contributed by atoms with Crippen molar-refractivity contribution in [2.75, 3.05) is 27.2 Å². The number of aryl methyl sites for hydroxylation is 2. The van der Waals surface area contributed by atoms with Gasteiger partial charge in [0.2, 0.25) is 0 Å². The number of nitrogens with zero attached hydrogens (tertiary/aromatic N) is 1. The van der Waals surface area contributed by atoms with Gasteiger partial charge in [0.1, 0.15) is 5.75 Å². The van der Waals surface area contributed by atoms with Crippen LogP contribution in [0.4, 0.5) is 0 Å². The molecular weight excluding hydrogens is 308 g/mol. The van der Waals surface area contributed by atoms with E-state index in [-0.39, 0.29) is 18.6 Å². The van der Waals surface area contributed by atoms with Crippen molar-refractivity contribution in [3.63, 3.8) is 0 Å². The maximum Gasteiger partial charge on any atom is 0.258 e. The molecule has 0 saturated carbocycles. The molecule has 1 aromatic carbocycles. The SMILES string of the molecule is Cc1cccc(C)c1OCC(=O)NCC(c1ccsc1)N(C)C. The first-order valence-corrected chi connectivity index (χ1v) is 8.57. The van der Waals surface area contributed by atoms with Gasteiger partial charge >= 0.3 is 0 Å². The third-order valence-electron chi connectivity index (χ3n) is 3.80. The van der Waals surface area contributed by atoms with Crippen LogP contribution >= 0.6 is 11.3 Å². The Hall–Kier alpha value is -1.85. The standard InChI is InChI=1S/C18H24N2O2S/c1-13-6-5-7-14(2)18(13)22-11-17(21)19-10-16(20(3)4)15-8-9-23-12-15/h5-9,12,16H,10-11H2,1-4H3,(H,19,21). The van der Waals surface area contributed by atoms with E-state index in [4.69, 9.17) is 4.74 Å². The number of benzene rings is 1. The predicted molar refractivity (Wildman–Crippen MR) is 95.2 cm³/mol. The van der Waals surface area contributed by atoms with E-state index in [1.54, 1.807) is 11.3 Å². The summed E-state index contributed by atoms with van der Waals surface area (Å²) in [6.45, 7) is 4.58. The average Bonchev–Trinajstić information content (AvgIpc) is 3.00. The summed E-state index contributed by atoms with van der Waals surface area (Å²) in [6, 6.07) is 8.22. The van der Waals surface area contributed by atoms with Gasteiger partial charge in [-0.15, -0.1) is 0 Å². The lowest BCUT2D eigenvalue weighted by Gasteiger charge is -2.24. The molecule has 2 rings (SSSR count). The number of amides is 1. The lowest BCUT2D eigenvalue weighted by molar-refractivity contribution is -0.123. The van der Waals surface area contributed by atoms with Gasteiger partial charge in [-0.1, -0.05) is 18.2 Å². The van der Waals surface area contributed by atoms with Crippen LogP contribution in [0.25, 0.3) is 0 Å². The van der Waals surface area contributed by atoms with E-state index < -0.39 is 0 Å². The number of hydrogen-bond acceptors (Lipinski definition) is 4. The molecule has 0 aliphatic heterocycles. The molecular formula is C18H24N2O2S. The first-order chi connectivity index (χ1) is 11.0. The molecule has 5 heteroatoms. The third-order valence-corrected chi connectivity index (χ3v) is 4.50. The Balaban J connectivity index is 1.87. The van der Waals surface area contributed by atoms with Crippen LogP contribution in [0.5, 0.6) is 5.75 Å². The fraction of sp³-hybridized carbons (Fsp3) is 0.389. The van der Waals surface area contributed by atoms with Crippen LogP contribution in [0.1, 0.15) is 22.7 Å². The highest BCUT2D eigenvalue weighted by Crippen LogP contribution is 2.22. The largest absolute Gasteiger partial charge is 0.483 e. The molecule has 0 spiro atoms. The van der Waals surface area contributed by atoms with Crippen LogP contribution in [0.15, 0.2) is 35.0 Å². The van der Waals surface area contributed by atoms with E-state index in [2.05, 4.69) is 27.0 Å². The van der Waals surface area contributed by atoms with Crippen molar-refractivity contribution in [3.8, 4) is 5.75 Å². The van der Waals surface area contributed by atoms with Gasteiger partial charge < -0.3 is 15.0 Å². The topological polar surface area (TPSA) is 41.6 Å². The highest BCUT2D eigenvalue weighted by atomic mass is 32.1. The molecule has 1 heterocycles. The quantitative estimate of drug-likeness (QED) is 0.847. The second kappa shape index (κ2) is 8.13. The van der Waals surface area contributed by atoms with Crippen LogP contribution in [-0.2, 0) is 4.79 Å². The van der Waals surface area contributed by atoms with Crippen molar-refractivity contribution in [2.24, 2.45) is 0 Å². The van der Waals surface area contributed by atoms with E-state index in [0.717, 1.165) is 16.9 Å². The number of likely N-dealkylation sites (N-methyl/N-ethyl adjacent to an activating group) is 1. The smallest absolute Gasteiger partial charge is 0.258 e. The number of nitrogens with one attached hydrogen (secondary N) is 1. The summed E-state index contributed by atoms with van der Waals surface area (Å²) in [5.41, 5.74) is 3.31. The van der Waals surface area contributed by atoms with Crippen molar-refractivity contribution >= 4 is 17.2 Å². The van der Waals surface area contributed by atoms with E-state index >= 15 is 0 Å². The second-order valence-electron chi connectivity index (χ2n) is 5.85. The lowest BCUT2D eigenvalue weighted by Crippen LogP contribution is -2.36. The molecule has 124 valence electrons. The Morgan fingerprint density at radius 1 is 1.26 bits per heavy atom. The zero-order valence-electron chi connectivity index (χ0n) is 14.1. The van der Waals surface area contributed by atoms with E-state index in [1.807, 2.05) is 46.1 Å². The van der Waals surface area contributed by atoms with Gasteiger partial charge in [0.15, 0.2) is 6.61 Å². The maximum absolute atomic E-state index is 12.1. The fourth-order valence-corrected chi connectivity index (χ4v) is 3.20. The second-order valence-corrected chi connectivity index (χ2v) is 6.63. The molecule has 1 aromatic heterocycles. The van der Waals surface area contributed by atoms with Gasteiger partial charge in [-0.25, -0.2) is 0 Å². The summed E-state index contributed by atoms with van der Waals surface area (Å²) in [6.07, 6.45) is 0. The molecule has 0 aliphatic rings. The lowest BCUT2D eigenvalue weighted by atomic mass is 10.1. The number of rotatable bonds is 7. The van der Waals surface area contributed by atoms with Crippen molar-refractivity contribution in [3.05, 3.63) is 51.7 Å². The van der Waals surface area contributed by atoms with Crippen LogP contribution in [0.3, 0.4) is 0 Å². The van der Waals surface area contributed by atoms with Gasteiger partial charge in [-0.05, 0) is 61.5 Å². The van der Waals surface area contributed by atoms with Crippen LogP contribution in [0, 0.1) is 13.8 Å². The van der Waals surface area contributed by atoms with Crippen LogP contribution in [0.2, 0.25) is 0 Å². The molecule has 1 atom stereocenters. The van der Waals surface area contributed by atoms with E-state index in [9.17, 15) is 4.79 Å². The van der Waals surface area contributed by atoms with Gasteiger partial charge in [-0.3, -0.25) is 4.79 Å². The van der Waals surface area contributed by atoms with Crippen LogP contribution in [-0.4, -0.2) is 38.1 Å². The number of carbonyl (C=O) groups is 1. The van der Waals surface area contributed by atoms with E-state index in [1.165, 1.54) is 5.56 Å². The Bertz CT molecular complexity index is 618. The van der Waals surface area contributed by atoms with Crippen LogP contribution < -0.4 is 10.1 Å². The summed E-state index contributed by atoms with van der Waals surface area (Å²) < 4.78 is 5.69. The molecule has 0 bridgehead atoms. The summed E-state index contributed by atoms with van der Waals surface area (Å²) >= 11 is 1.67. The minimum atomic E-state index is -0.102. The molecule has 0 radical (unpaired) electrons. The molecule has 1 N–H and O–H groups in total. The molecule has 0 aliphatic carbocycles. The molecule has 0 saturated heterocycles. The zero-order valence-corrected chi connectivity index (χ0v) is 14.9. The predicted octanol–water partition coefficient (Wildman–Crippen LogP) is 3.16. The number of hydrogen-bond donors (Lipinski definition) is 1. The van der Waals surface area contributed by atoms with Gasteiger partial charge in [0, 0.05) is 6.54 Å². The van der Waals surface area contributed by atoms with Crippen molar-refractivity contribution < 1.29 is 9.53 Å². The molecule has 4 nitrogen and oxygen atoms in total. The fourth-order valence-electron chi connectivity index (χ4n) is 2.49. The number of thiophene rings is 1. The van der Waals surface area contributed by atoms with Crippen molar-refractivity contribution in [2.45, 2.75) is 19.9 Å². The Morgan fingerprint density at radius 2 is 1.96 bits per heavy atom. The normalized spacial score (nSPS) is 12.2. The van der Waals surface area contributed by atoms with Gasteiger partial charge in [-0.2, -0.15) is 11.3 Å². The Labute approximate surface area is 142 Å². The average molecular weight is 332 g/mol. The van der Waals surface area contributed by atoms with E-state index in [0.29, 0.717) is 6.54 Å². The first kappa shape index (κ1) is 17.5. The number of para-hydroxylation sites is 1. The Kier molecular flexibility index (Phi) is 6.19. The Morgan fingerprint density at radius 3 is 2.52 bits per heavy atom. The monoisotopic (exact) mass is 332 g/mol. The first-order valence-electron chi connectivity index (χ1n) is 7.63. The van der Waals surface area contributed by atoms with Gasteiger partial charge in [0.25, 0.3) is 5.91 Å². The highest BCUT2D eigenvalue weighted by molar-refractivity contribution is 7.07. The third kappa shape index (κ3) is 4.81. The molecule has 0 fully saturated rings. The highest BCUT2D eigenvalue weighted by Gasteiger charge is 2.16. The molecule has 1 amide bonds. The summed E-state index contributed by atoms with van der Waals surface area (Å²) in [7, 11) is 4.03. The molecule has 23 heavy (non-hydrogen) atoms. The van der Waals surface area contributed by atoms with Crippen molar-refractivity contribution in [1.29, 1.82) is 0 Å². The van der Waals surface area contributed by atoms with Crippen molar-refractivity contribution in [1.82, 2.24) is 10.2 Å². The molecule has 1 unspecified atom stereocenters. The minimum Gasteiger partial charge on any atom is -0.483 e. The number of carbonyl (C=O) groups excluding carboxylic acids is 1. The minimum absolute atomic E-state index is 0.0372. The number of ether oxygens (including phenoxy) is 1. The zero-order chi connectivity index (χ0) is 16.8. The summed E-state index contributed by atoms with van der Waals surface area (Å²) in [5, 5.41) is 7.13. The molecule has 2 aromatic rings.